The van der Waals surface area contributed by atoms with E-state index in [1.165, 1.54) is 25.9 Å². The van der Waals surface area contributed by atoms with Gasteiger partial charge in [-0.3, -0.25) is 0 Å². The number of nitrogens with zero attached hydrogens (tertiary/aromatic N) is 3. The zero-order valence-electron chi connectivity index (χ0n) is 9.19. The Kier molecular flexibility index (Phi) is 1.99. The van der Waals surface area contributed by atoms with Gasteiger partial charge in [0.2, 0.25) is 0 Å². The number of rotatable bonds is 1. The van der Waals surface area contributed by atoms with E-state index in [1.807, 2.05) is 17.7 Å². The Morgan fingerprint density at radius 1 is 1.40 bits per heavy atom. The Morgan fingerprint density at radius 3 is 2.60 bits per heavy atom. The van der Waals surface area contributed by atoms with Crippen LogP contribution < -0.4 is 5.73 Å². The maximum atomic E-state index is 5.99. The van der Waals surface area contributed by atoms with Gasteiger partial charge in [0, 0.05) is 12.6 Å². The molecule has 0 spiro atoms. The van der Waals surface area contributed by atoms with Gasteiger partial charge in [0.05, 0.1) is 11.7 Å². The van der Waals surface area contributed by atoms with Crippen molar-refractivity contribution in [3.8, 4) is 0 Å². The zero-order valence-corrected chi connectivity index (χ0v) is 9.19. The third kappa shape index (κ3) is 1.44. The third-order valence-electron chi connectivity index (χ3n) is 3.82. The van der Waals surface area contributed by atoms with Gasteiger partial charge < -0.3 is 10.6 Å². The van der Waals surface area contributed by atoms with Crippen molar-refractivity contribution in [2.75, 3.05) is 25.4 Å². The summed E-state index contributed by atoms with van der Waals surface area (Å²) in [5, 5.41) is 4.52. The molecule has 3 aliphatic heterocycles. The van der Waals surface area contributed by atoms with Crippen molar-refractivity contribution in [1.29, 1.82) is 0 Å². The molecule has 4 rings (SSSR count). The van der Waals surface area contributed by atoms with Crippen molar-refractivity contribution in [3.63, 3.8) is 0 Å². The molecule has 3 aliphatic rings. The molecule has 2 N–H and O–H groups in total. The minimum atomic E-state index is 0.515. The second-order valence-corrected chi connectivity index (χ2v) is 4.86. The zero-order chi connectivity index (χ0) is 10.4. The van der Waals surface area contributed by atoms with Crippen LogP contribution in [0.3, 0.4) is 0 Å². The molecule has 1 atom stereocenters. The van der Waals surface area contributed by atoms with Gasteiger partial charge in [0.25, 0.3) is 0 Å². The summed E-state index contributed by atoms with van der Waals surface area (Å²) in [6.45, 7) is 5.67. The lowest BCUT2D eigenvalue weighted by Gasteiger charge is -2.44. The number of aromatic nitrogens is 2. The molecular formula is C11H18N4. The Bertz CT molecular complexity index is 363. The highest BCUT2D eigenvalue weighted by Gasteiger charge is 2.36. The fourth-order valence-corrected chi connectivity index (χ4v) is 3.01. The summed E-state index contributed by atoms with van der Waals surface area (Å²) in [6, 6.07) is 2.48. The van der Waals surface area contributed by atoms with E-state index in [0.717, 1.165) is 24.0 Å². The molecule has 3 fully saturated rings. The molecule has 4 heterocycles. The van der Waals surface area contributed by atoms with E-state index in [2.05, 4.69) is 10.00 Å². The fourth-order valence-electron chi connectivity index (χ4n) is 3.01. The Balaban J connectivity index is 1.91. The summed E-state index contributed by atoms with van der Waals surface area (Å²) < 4.78 is 2.05. The number of aryl methyl sites for hydroxylation is 1. The second-order valence-electron chi connectivity index (χ2n) is 4.86. The van der Waals surface area contributed by atoms with Crippen LogP contribution in [0, 0.1) is 12.8 Å². The summed E-state index contributed by atoms with van der Waals surface area (Å²) in [5.74, 6) is 1.61. The molecule has 82 valence electrons. The van der Waals surface area contributed by atoms with Gasteiger partial charge in [-0.1, -0.05) is 0 Å². The first-order chi connectivity index (χ1) is 7.24. The SMILES string of the molecule is Cc1cc(N)n(C2CN3CCC2CC3)n1. The van der Waals surface area contributed by atoms with E-state index in [9.17, 15) is 0 Å². The number of hydrogen-bond donors (Lipinski definition) is 1. The lowest BCUT2D eigenvalue weighted by molar-refractivity contribution is 0.0522. The maximum absolute atomic E-state index is 5.99. The predicted octanol–water partition coefficient (Wildman–Crippen LogP) is 1.04. The van der Waals surface area contributed by atoms with Gasteiger partial charge in [-0.15, -0.1) is 0 Å². The lowest BCUT2D eigenvalue weighted by atomic mass is 9.84. The van der Waals surface area contributed by atoms with Crippen LogP contribution in [0.2, 0.25) is 0 Å². The van der Waals surface area contributed by atoms with Crippen LogP contribution in [0.5, 0.6) is 0 Å². The monoisotopic (exact) mass is 206 g/mol. The van der Waals surface area contributed by atoms with E-state index in [-0.39, 0.29) is 0 Å². The number of fused-ring (bicyclic) bond motifs is 3. The quantitative estimate of drug-likeness (QED) is 0.747. The van der Waals surface area contributed by atoms with Crippen LogP contribution in [0.15, 0.2) is 6.07 Å². The molecule has 1 unspecified atom stereocenters. The first-order valence-electron chi connectivity index (χ1n) is 5.78. The second kappa shape index (κ2) is 3.23. The molecule has 15 heavy (non-hydrogen) atoms. The van der Waals surface area contributed by atoms with Crippen LogP contribution in [-0.2, 0) is 0 Å². The molecule has 1 aromatic rings. The number of nitrogen functional groups attached to an aromatic ring is 1. The molecule has 0 aliphatic carbocycles. The molecule has 0 radical (unpaired) electrons. The topological polar surface area (TPSA) is 47.1 Å². The highest BCUT2D eigenvalue weighted by atomic mass is 15.4. The van der Waals surface area contributed by atoms with Crippen LogP contribution in [0.25, 0.3) is 0 Å². The summed E-state index contributed by atoms with van der Waals surface area (Å²) in [4.78, 5) is 2.53. The van der Waals surface area contributed by atoms with Crippen LogP contribution in [0.1, 0.15) is 24.6 Å². The molecule has 0 aromatic carbocycles. The van der Waals surface area contributed by atoms with Gasteiger partial charge in [0.1, 0.15) is 5.82 Å². The predicted molar refractivity (Wildman–Crippen MR) is 59.6 cm³/mol. The maximum Gasteiger partial charge on any atom is 0.122 e. The third-order valence-corrected chi connectivity index (χ3v) is 3.82. The number of hydrogen-bond acceptors (Lipinski definition) is 3. The summed E-state index contributed by atoms with van der Waals surface area (Å²) in [6.07, 6.45) is 2.62. The minimum absolute atomic E-state index is 0.515. The van der Waals surface area contributed by atoms with Crippen LogP contribution in [-0.4, -0.2) is 34.3 Å². The summed E-state index contributed by atoms with van der Waals surface area (Å²) >= 11 is 0. The highest BCUT2D eigenvalue weighted by molar-refractivity contribution is 5.31. The Morgan fingerprint density at radius 2 is 2.13 bits per heavy atom. The molecular weight excluding hydrogens is 188 g/mol. The van der Waals surface area contributed by atoms with Gasteiger partial charge in [-0.05, 0) is 38.8 Å². The van der Waals surface area contributed by atoms with Crippen molar-refractivity contribution >= 4 is 5.82 Å². The molecule has 2 bridgehead atoms. The number of nitrogens with two attached hydrogens (primary N) is 1. The van der Waals surface area contributed by atoms with Crippen LogP contribution >= 0.6 is 0 Å². The van der Waals surface area contributed by atoms with Crippen molar-refractivity contribution in [1.82, 2.24) is 14.7 Å². The van der Waals surface area contributed by atoms with E-state index in [1.54, 1.807) is 0 Å². The highest BCUT2D eigenvalue weighted by Crippen LogP contribution is 2.36. The van der Waals surface area contributed by atoms with E-state index in [0.29, 0.717) is 6.04 Å². The van der Waals surface area contributed by atoms with E-state index >= 15 is 0 Å². The molecule has 0 amide bonds. The fraction of sp³-hybridized carbons (Fsp3) is 0.727. The van der Waals surface area contributed by atoms with Crippen molar-refractivity contribution in [3.05, 3.63) is 11.8 Å². The molecule has 4 heteroatoms. The van der Waals surface area contributed by atoms with E-state index in [4.69, 9.17) is 5.73 Å². The average Bonchev–Trinajstić information content (AvgIpc) is 2.59. The first-order valence-corrected chi connectivity index (χ1v) is 5.78. The summed E-state index contributed by atoms with van der Waals surface area (Å²) in [5.41, 5.74) is 7.02. The summed E-state index contributed by atoms with van der Waals surface area (Å²) in [7, 11) is 0. The van der Waals surface area contributed by atoms with Gasteiger partial charge in [-0.25, -0.2) is 4.68 Å². The largest absolute Gasteiger partial charge is 0.384 e. The van der Waals surface area contributed by atoms with Gasteiger partial charge >= 0.3 is 0 Å². The average molecular weight is 206 g/mol. The van der Waals surface area contributed by atoms with Gasteiger partial charge in [0.15, 0.2) is 0 Å². The normalized spacial score (nSPS) is 34.6. The molecule has 4 nitrogen and oxygen atoms in total. The molecule has 3 saturated heterocycles. The van der Waals surface area contributed by atoms with Crippen molar-refractivity contribution in [2.24, 2.45) is 5.92 Å². The standard InChI is InChI=1S/C11H18N4/c1-8-6-11(12)15(13-8)10-7-14-4-2-9(10)3-5-14/h6,9-10H,2-5,7,12H2,1H3. The Labute approximate surface area is 90.0 Å². The van der Waals surface area contributed by atoms with Gasteiger partial charge in [-0.2, -0.15) is 5.10 Å². The molecule has 1 aromatic heterocycles. The number of piperidine rings is 3. The minimum Gasteiger partial charge on any atom is -0.384 e. The first kappa shape index (κ1) is 9.21. The lowest BCUT2D eigenvalue weighted by Crippen LogP contribution is -2.48. The molecule has 0 saturated carbocycles. The Hall–Kier alpha value is -1.03. The van der Waals surface area contributed by atoms with Crippen molar-refractivity contribution < 1.29 is 0 Å². The number of anilines is 1. The smallest absolute Gasteiger partial charge is 0.122 e. The van der Waals surface area contributed by atoms with Crippen LogP contribution in [0.4, 0.5) is 5.82 Å². The van der Waals surface area contributed by atoms with E-state index < -0.39 is 0 Å². The van der Waals surface area contributed by atoms with Crippen molar-refractivity contribution in [2.45, 2.75) is 25.8 Å².